The summed E-state index contributed by atoms with van der Waals surface area (Å²) in [6.45, 7) is 10.3. The topological polar surface area (TPSA) is 65.0 Å². The van der Waals surface area contributed by atoms with E-state index < -0.39 is 8.07 Å². The minimum Gasteiger partial charge on any atom is -0.381 e. The Kier molecular flexibility index (Phi) is 7.89. The maximum Gasteiger partial charge on any atom is 0.143 e. The Labute approximate surface area is 178 Å². The molecule has 0 unspecified atom stereocenters. The lowest BCUT2D eigenvalue weighted by Crippen LogP contribution is -2.22. The van der Waals surface area contributed by atoms with E-state index >= 15 is 0 Å². The van der Waals surface area contributed by atoms with Crippen LogP contribution in [0.1, 0.15) is 19.3 Å². The number of aromatic nitrogens is 4. The van der Waals surface area contributed by atoms with Gasteiger partial charge in [0.15, 0.2) is 0 Å². The number of pyridine rings is 1. The molecule has 0 saturated carbocycles. The van der Waals surface area contributed by atoms with Crippen molar-refractivity contribution in [2.45, 2.75) is 51.7 Å². The van der Waals surface area contributed by atoms with Crippen LogP contribution >= 0.6 is 11.6 Å². The third kappa shape index (κ3) is 6.40. The number of nitrogens with one attached hydrogen (secondary N) is 1. The summed E-state index contributed by atoms with van der Waals surface area (Å²) in [6.07, 6.45) is 9.40. The molecule has 6 nitrogen and oxygen atoms in total. The summed E-state index contributed by atoms with van der Waals surface area (Å²) in [6, 6.07) is 4.88. The van der Waals surface area contributed by atoms with E-state index in [4.69, 9.17) is 21.1 Å². The van der Waals surface area contributed by atoms with Gasteiger partial charge < -0.3 is 14.0 Å². The second-order valence-corrected chi connectivity index (χ2v) is 14.5. The molecular formula is C21H31ClN4O2Si. The number of H-pyrrole nitrogens is 1. The SMILES string of the molecule is C1CCOCC1.C[Si](C)(C)CCOCn1cc(-c2ccn[nH]2)c2c(Cl)ccnc21. The quantitative estimate of drug-likeness (QED) is 0.406. The van der Waals surface area contributed by atoms with Crippen molar-refractivity contribution in [3.63, 3.8) is 0 Å². The molecule has 1 saturated heterocycles. The van der Waals surface area contributed by atoms with Gasteiger partial charge in [0, 0.05) is 57.4 Å². The van der Waals surface area contributed by atoms with Gasteiger partial charge in [0.1, 0.15) is 12.4 Å². The van der Waals surface area contributed by atoms with Gasteiger partial charge in [-0.2, -0.15) is 5.10 Å². The van der Waals surface area contributed by atoms with Gasteiger partial charge in [0.2, 0.25) is 0 Å². The monoisotopic (exact) mass is 434 g/mol. The first kappa shape index (κ1) is 22.0. The van der Waals surface area contributed by atoms with Gasteiger partial charge in [-0.05, 0) is 37.4 Å². The average molecular weight is 435 g/mol. The summed E-state index contributed by atoms with van der Waals surface area (Å²) in [5.74, 6) is 0. The second kappa shape index (κ2) is 10.4. The fourth-order valence-electron chi connectivity index (χ4n) is 3.11. The van der Waals surface area contributed by atoms with Gasteiger partial charge in [0.05, 0.1) is 10.7 Å². The molecule has 0 amide bonds. The lowest BCUT2D eigenvalue weighted by atomic mass is 10.1. The van der Waals surface area contributed by atoms with Crippen LogP contribution in [0.3, 0.4) is 0 Å². The van der Waals surface area contributed by atoms with Crippen molar-refractivity contribution in [2.24, 2.45) is 0 Å². The Morgan fingerprint density at radius 1 is 1.17 bits per heavy atom. The minimum atomic E-state index is -1.08. The highest BCUT2D eigenvalue weighted by Crippen LogP contribution is 2.33. The minimum absolute atomic E-state index is 0.475. The van der Waals surface area contributed by atoms with E-state index in [1.54, 1.807) is 18.5 Å². The van der Waals surface area contributed by atoms with Gasteiger partial charge in [-0.3, -0.25) is 5.10 Å². The van der Waals surface area contributed by atoms with E-state index in [9.17, 15) is 0 Å². The Morgan fingerprint density at radius 3 is 2.55 bits per heavy atom. The summed E-state index contributed by atoms with van der Waals surface area (Å²) < 4.78 is 12.9. The first-order valence-electron chi connectivity index (χ1n) is 10.2. The zero-order valence-electron chi connectivity index (χ0n) is 17.6. The third-order valence-corrected chi connectivity index (χ3v) is 6.82. The highest BCUT2D eigenvalue weighted by atomic mass is 35.5. The molecule has 0 spiro atoms. The van der Waals surface area contributed by atoms with Crippen LogP contribution in [-0.4, -0.2) is 47.6 Å². The number of halogens is 1. The van der Waals surface area contributed by atoms with Gasteiger partial charge in [-0.15, -0.1) is 0 Å². The molecule has 0 radical (unpaired) electrons. The summed E-state index contributed by atoms with van der Waals surface area (Å²) in [7, 11) is -1.08. The van der Waals surface area contributed by atoms with Crippen LogP contribution in [0.2, 0.25) is 30.7 Å². The number of ether oxygens (including phenoxy) is 2. The molecule has 8 heteroatoms. The van der Waals surface area contributed by atoms with Crippen molar-refractivity contribution >= 4 is 30.7 Å². The van der Waals surface area contributed by atoms with Crippen molar-refractivity contribution < 1.29 is 9.47 Å². The van der Waals surface area contributed by atoms with Crippen molar-refractivity contribution in [1.82, 2.24) is 19.7 Å². The van der Waals surface area contributed by atoms with E-state index in [1.807, 2.05) is 16.8 Å². The normalized spacial score (nSPS) is 14.6. The number of hydrogen-bond donors (Lipinski definition) is 1. The van der Waals surface area contributed by atoms with Gasteiger partial charge in [-0.25, -0.2) is 4.98 Å². The molecule has 3 aromatic heterocycles. The van der Waals surface area contributed by atoms with E-state index in [0.29, 0.717) is 11.8 Å². The standard InChI is InChI=1S/C16H21ClN4OSi.C5H10O/c1-23(2,3)9-8-22-11-21-10-12(14-5-7-19-20-14)15-13(17)4-6-18-16(15)21;1-2-4-6-5-3-1/h4-7,10H,8-9,11H2,1-3H3,(H,19,20);1-5H2. The molecule has 0 bridgehead atoms. The summed E-state index contributed by atoms with van der Waals surface area (Å²) in [5.41, 5.74) is 2.74. The number of aromatic amines is 1. The lowest BCUT2D eigenvalue weighted by Gasteiger charge is -2.15. The molecule has 0 atom stereocenters. The van der Waals surface area contributed by atoms with Gasteiger partial charge in [-0.1, -0.05) is 31.2 Å². The molecule has 1 N–H and O–H groups in total. The number of fused-ring (bicyclic) bond motifs is 1. The predicted molar refractivity (Wildman–Crippen MR) is 121 cm³/mol. The van der Waals surface area contributed by atoms with Crippen LogP contribution in [0.4, 0.5) is 0 Å². The van der Waals surface area contributed by atoms with E-state index in [0.717, 1.165) is 48.2 Å². The van der Waals surface area contributed by atoms with E-state index in [-0.39, 0.29) is 0 Å². The third-order valence-electron chi connectivity index (χ3n) is 4.80. The second-order valence-electron chi connectivity index (χ2n) is 8.50. The van der Waals surface area contributed by atoms with Crippen molar-refractivity contribution in [2.75, 3.05) is 19.8 Å². The first-order chi connectivity index (χ1) is 14.0. The van der Waals surface area contributed by atoms with Crippen LogP contribution in [0.5, 0.6) is 0 Å². The Morgan fingerprint density at radius 2 is 1.97 bits per heavy atom. The van der Waals surface area contributed by atoms with Crippen LogP contribution in [0.15, 0.2) is 30.7 Å². The Bertz CT molecular complexity index is 875. The molecular weight excluding hydrogens is 404 g/mol. The maximum absolute atomic E-state index is 6.39. The maximum atomic E-state index is 6.39. The summed E-state index contributed by atoms with van der Waals surface area (Å²) in [4.78, 5) is 4.47. The summed E-state index contributed by atoms with van der Waals surface area (Å²) in [5, 5.41) is 8.61. The molecule has 1 aliphatic rings. The number of rotatable bonds is 6. The van der Waals surface area contributed by atoms with Crippen molar-refractivity contribution in [3.05, 3.63) is 35.7 Å². The fourth-order valence-corrected chi connectivity index (χ4v) is 4.11. The molecule has 29 heavy (non-hydrogen) atoms. The van der Waals surface area contributed by atoms with Crippen LogP contribution in [-0.2, 0) is 16.2 Å². The highest BCUT2D eigenvalue weighted by molar-refractivity contribution is 6.76. The predicted octanol–water partition coefficient (Wildman–Crippen LogP) is 5.58. The zero-order chi connectivity index (χ0) is 20.7. The van der Waals surface area contributed by atoms with Crippen LogP contribution in [0, 0.1) is 0 Å². The zero-order valence-corrected chi connectivity index (χ0v) is 19.3. The number of nitrogens with zero attached hydrogens (tertiary/aromatic N) is 3. The average Bonchev–Trinajstić information content (AvgIpc) is 3.35. The first-order valence-corrected chi connectivity index (χ1v) is 14.3. The molecule has 1 fully saturated rings. The largest absolute Gasteiger partial charge is 0.381 e. The smallest absolute Gasteiger partial charge is 0.143 e. The molecule has 0 aliphatic carbocycles. The number of hydrogen-bond acceptors (Lipinski definition) is 4. The van der Waals surface area contributed by atoms with Crippen molar-refractivity contribution in [1.29, 1.82) is 0 Å². The van der Waals surface area contributed by atoms with Gasteiger partial charge >= 0.3 is 0 Å². The fraction of sp³-hybridized carbons (Fsp3) is 0.524. The molecule has 4 heterocycles. The highest BCUT2D eigenvalue weighted by Gasteiger charge is 2.16. The molecule has 3 aromatic rings. The summed E-state index contributed by atoms with van der Waals surface area (Å²) >= 11 is 6.39. The molecule has 0 aromatic carbocycles. The lowest BCUT2D eigenvalue weighted by molar-refractivity contribution is 0.0899. The van der Waals surface area contributed by atoms with Crippen LogP contribution in [0.25, 0.3) is 22.3 Å². The van der Waals surface area contributed by atoms with E-state index in [1.165, 1.54) is 19.3 Å². The Hall–Kier alpha value is -1.67. The van der Waals surface area contributed by atoms with Gasteiger partial charge in [0.25, 0.3) is 0 Å². The van der Waals surface area contributed by atoms with Crippen molar-refractivity contribution in [3.8, 4) is 11.3 Å². The van der Waals surface area contributed by atoms with E-state index in [2.05, 4.69) is 34.8 Å². The van der Waals surface area contributed by atoms with Crippen LogP contribution < -0.4 is 0 Å². The Balaban J connectivity index is 0.000000343. The molecule has 1 aliphatic heterocycles. The molecule has 4 rings (SSSR count). The molecule has 158 valence electrons.